The molecule has 21 heavy (non-hydrogen) atoms. The molecule has 0 radical (unpaired) electrons. The lowest BCUT2D eigenvalue weighted by molar-refractivity contribution is 0.157. The molecule has 0 bridgehead atoms. The van der Waals surface area contributed by atoms with Crippen LogP contribution in [0.3, 0.4) is 0 Å². The first-order valence-electron chi connectivity index (χ1n) is 7.56. The lowest BCUT2D eigenvalue weighted by Crippen LogP contribution is -2.48. The van der Waals surface area contributed by atoms with Crippen molar-refractivity contribution in [1.82, 2.24) is 10.2 Å². The van der Waals surface area contributed by atoms with Gasteiger partial charge in [-0.3, -0.25) is 0 Å². The molecule has 2 atom stereocenters. The van der Waals surface area contributed by atoms with E-state index < -0.39 is 0 Å². The summed E-state index contributed by atoms with van der Waals surface area (Å²) in [5, 5.41) is 12.2. The lowest BCUT2D eigenvalue weighted by Gasteiger charge is -2.29. The van der Waals surface area contributed by atoms with Crippen molar-refractivity contribution in [2.45, 2.75) is 31.8 Å². The number of nitrogens with zero attached hydrogens (tertiary/aromatic N) is 2. The van der Waals surface area contributed by atoms with Crippen LogP contribution in [0.4, 0.5) is 10.5 Å². The van der Waals surface area contributed by atoms with Gasteiger partial charge < -0.3 is 20.2 Å². The Labute approximate surface area is 126 Å². The zero-order valence-corrected chi connectivity index (χ0v) is 12.8. The van der Waals surface area contributed by atoms with Gasteiger partial charge in [-0.2, -0.15) is 0 Å². The third-order valence-electron chi connectivity index (χ3n) is 4.22. The number of aliphatic hydroxyl groups is 1. The van der Waals surface area contributed by atoms with Gasteiger partial charge in [0.25, 0.3) is 0 Å². The van der Waals surface area contributed by atoms with E-state index in [0.717, 1.165) is 25.1 Å². The van der Waals surface area contributed by atoms with Crippen LogP contribution in [0.15, 0.2) is 30.3 Å². The summed E-state index contributed by atoms with van der Waals surface area (Å²) < 4.78 is 0. The SMILES string of the molecule is CC(CNC(=O)N1CCC[C@H]1CO)N(C)c1ccccc1. The molecule has 1 aliphatic rings. The Bertz CT molecular complexity index is 452. The number of nitrogens with one attached hydrogen (secondary N) is 1. The molecule has 0 spiro atoms. The van der Waals surface area contributed by atoms with Crippen LogP contribution in [0.1, 0.15) is 19.8 Å². The zero-order chi connectivity index (χ0) is 15.2. The molecule has 116 valence electrons. The number of aliphatic hydroxyl groups excluding tert-OH is 1. The van der Waals surface area contributed by atoms with Gasteiger partial charge >= 0.3 is 6.03 Å². The molecule has 2 N–H and O–H groups in total. The molecule has 1 unspecified atom stereocenters. The van der Waals surface area contributed by atoms with Crippen molar-refractivity contribution in [3.05, 3.63) is 30.3 Å². The number of likely N-dealkylation sites (tertiary alicyclic amines) is 1. The Kier molecular flexibility index (Phi) is 5.44. The second kappa shape index (κ2) is 7.31. The first-order chi connectivity index (χ1) is 10.1. The highest BCUT2D eigenvalue weighted by Gasteiger charge is 2.28. The molecule has 0 aromatic heterocycles. The Morgan fingerprint density at radius 3 is 2.86 bits per heavy atom. The van der Waals surface area contributed by atoms with Crippen LogP contribution in [0.2, 0.25) is 0 Å². The number of rotatable bonds is 5. The Morgan fingerprint density at radius 2 is 2.19 bits per heavy atom. The maximum absolute atomic E-state index is 12.2. The van der Waals surface area contributed by atoms with Crippen molar-refractivity contribution in [1.29, 1.82) is 0 Å². The third kappa shape index (κ3) is 3.88. The van der Waals surface area contributed by atoms with Crippen molar-refractivity contribution in [2.75, 3.05) is 31.6 Å². The summed E-state index contributed by atoms with van der Waals surface area (Å²) in [6, 6.07) is 10.2. The fourth-order valence-electron chi connectivity index (χ4n) is 2.68. The molecular formula is C16H25N3O2. The van der Waals surface area contributed by atoms with Crippen molar-refractivity contribution >= 4 is 11.7 Å². The lowest BCUT2D eigenvalue weighted by atomic mass is 10.2. The quantitative estimate of drug-likeness (QED) is 0.868. The van der Waals surface area contributed by atoms with Gasteiger partial charge in [0.05, 0.1) is 12.6 Å². The molecule has 1 saturated heterocycles. The predicted molar refractivity (Wildman–Crippen MR) is 84.5 cm³/mol. The summed E-state index contributed by atoms with van der Waals surface area (Å²) in [5.41, 5.74) is 1.13. The van der Waals surface area contributed by atoms with Crippen molar-refractivity contribution < 1.29 is 9.90 Å². The van der Waals surface area contributed by atoms with Crippen LogP contribution in [-0.2, 0) is 0 Å². The van der Waals surface area contributed by atoms with Crippen molar-refractivity contribution in [2.24, 2.45) is 0 Å². The minimum absolute atomic E-state index is 0.0211. The van der Waals surface area contributed by atoms with Gasteiger partial charge in [-0.25, -0.2) is 4.79 Å². The minimum Gasteiger partial charge on any atom is -0.394 e. The molecule has 2 amide bonds. The monoisotopic (exact) mass is 291 g/mol. The molecule has 1 aliphatic heterocycles. The van der Waals surface area contributed by atoms with E-state index in [1.54, 1.807) is 4.90 Å². The van der Waals surface area contributed by atoms with Gasteiger partial charge in [0.1, 0.15) is 0 Å². The molecule has 1 aromatic carbocycles. The third-order valence-corrected chi connectivity index (χ3v) is 4.22. The summed E-state index contributed by atoms with van der Waals surface area (Å²) in [4.78, 5) is 16.1. The van der Waals surface area contributed by atoms with Crippen LogP contribution in [-0.4, -0.2) is 54.9 Å². The van der Waals surface area contributed by atoms with E-state index in [4.69, 9.17) is 0 Å². The average molecular weight is 291 g/mol. The summed E-state index contributed by atoms with van der Waals surface area (Å²) >= 11 is 0. The van der Waals surface area contributed by atoms with Crippen molar-refractivity contribution in [3.63, 3.8) is 0 Å². The molecule has 2 rings (SSSR count). The highest BCUT2D eigenvalue weighted by Crippen LogP contribution is 2.17. The number of para-hydroxylation sites is 1. The first-order valence-corrected chi connectivity index (χ1v) is 7.56. The smallest absolute Gasteiger partial charge is 0.317 e. The Morgan fingerprint density at radius 1 is 1.48 bits per heavy atom. The topological polar surface area (TPSA) is 55.8 Å². The molecule has 1 fully saturated rings. The minimum atomic E-state index is -0.0696. The highest BCUT2D eigenvalue weighted by atomic mass is 16.3. The molecule has 5 heteroatoms. The van der Waals surface area contributed by atoms with Crippen LogP contribution in [0.25, 0.3) is 0 Å². The second-order valence-corrected chi connectivity index (χ2v) is 5.65. The molecule has 0 saturated carbocycles. The number of urea groups is 1. The molecule has 1 heterocycles. The standard InChI is InChI=1S/C16H25N3O2/c1-13(18(2)14-7-4-3-5-8-14)11-17-16(21)19-10-6-9-15(19)12-20/h3-5,7-8,13,15,20H,6,9-12H2,1-2H3,(H,17,21)/t13?,15-/m0/s1. The molecule has 5 nitrogen and oxygen atoms in total. The van der Waals surface area contributed by atoms with Crippen LogP contribution in [0, 0.1) is 0 Å². The normalized spacial score (nSPS) is 19.4. The highest BCUT2D eigenvalue weighted by molar-refractivity contribution is 5.75. The number of carbonyl (C=O) groups is 1. The fourth-order valence-corrected chi connectivity index (χ4v) is 2.68. The van der Waals surface area contributed by atoms with Gasteiger partial charge in [0, 0.05) is 31.9 Å². The second-order valence-electron chi connectivity index (χ2n) is 5.65. The van der Waals surface area contributed by atoms with E-state index in [2.05, 4.69) is 29.3 Å². The average Bonchev–Trinajstić information content (AvgIpc) is 3.01. The zero-order valence-electron chi connectivity index (χ0n) is 12.8. The number of carbonyl (C=O) groups excluding carboxylic acids is 1. The number of likely N-dealkylation sites (N-methyl/N-ethyl adjacent to an activating group) is 1. The predicted octanol–water partition coefficient (Wildman–Crippen LogP) is 1.68. The maximum atomic E-state index is 12.2. The Hall–Kier alpha value is -1.75. The summed E-state index contributed by atoms with van der Waals surface area (Å²) in [5.74, 6) is 0. The first kappa shape index (κ1) is 15.6. The van der Waals surface area contributed by atoms with Gasteiger partial charge in [-0.1, -0.05) is 18.2 Å². The van der Waals surface area contributed by atoms with E-state index in [1.807, 2.05) is 25.2 Å². The number of benzene rings is 1. The van der Waals surface area contributed by atoms with Crippen LogP contribution >= 0.6 is 0 Å². The Balaban J connectivity index is 1.83. The van der Waals surface area contributed by atoms with E-state index >= 15 is 0 Å². The van der Waals surface area contributed by atoms with E-state index in [0.29, 0.717) is 6.54 Å². The van der Waals surface area contributed by atoms with Gasteiger partial charge in [0.2, 0.25) is 0 Å². The summed E-state index contributed by atoms with van der Waals surface area (Å²) in [7, 11) is 2.03. The van der Waals surface area contributed by atoms with E-state index in [1.165, 1.54) is 0 Å². The number of anilines is 1. The number of hydrogen-bond donors (Lipinski definition) is 2. The van der Waals surface area contributed by atoms with Gasteiger partial charge in [-0.05, 0) is 31.9 Å². The fraction of sp³-hybridized carbons (Fsp3) is 0.562. The van der Waals surface area contributed by atoms with Gasteiger partial charge in [-0.15, -0.1) is 0 Å². The summed E-state index contributed by atoms with van der Waals surface area (Å²) in [6.07, 6.45) is 1.86. The number of hydrogen-bond acceptors (Lipinski definition) is 3. The summed E-state index contributed by atoms with van der Waals surface area (Å²) in [6.45, 7) is 3.45. The molecule has 1 aromatic rings. The van der Waals surface area contributed by atoms with Crippen molar-refractivity contribution in [3.8, 4) is 0 Å². The van der Waals surface area contributed by atoms with E-state index in [9.17, 15) is 9.90 Å². The molecule has 0 aliphatic carbocycles. The van der Waals surface area contributed by atoms with Crippen LogP contribution in [0.5, 0.6) is 0 Å². The van der Waals surface area contributed by atoms with E-state index in [-0.39, 0.29) is 24.7 Å². The van der Waals surface area contributed by atoms with Gasteiger partial charge in [0.15, 0.2) is 0 Å². The largest absolute Gasteiger partial charge is 0.394 e. The number of amides is 2. The molecular weight excluding hydrogens is 266 g/mol. The maximum Gasteiger partial charge on any atom is 0.317 e. The van der Waals surface area contributed by atoms with Crippen LogP contribution < -0.4 is 10.2 Å².